The lowest BCUT2D eigenvalue weighted by Crippen LogP contribution is -2.63. The molecule has 4 rings (SSSR count). The number of carboxylic acids is 1. The highest BCUT2D eigenvalue weighted by Gasteiger charge is 2.84. The zero-order valence-electron chi connectivity index (χ0n) is 16.9. The van der Waals surface area contributed by atoms with Crippen molar-refractivity contribution in [2.24, 2.45) is 51.6 Å². The van der Waals surface area contributed by atoms with E-state index in [1.54, 1.807) is 0 Å². The van der Waals surface area contributed by atoms with Crippen LogP contribution < -0.4 is 5.73 Å². The van der Waals surface area contributed by atoms with Crippen LogP contribution in [0.3, 0.4) is 0 Å². The molecule has 0 aromatic carbocycles. The number of nitrogens with two attached hydrogens (primary N) is 1. The summed E-state index contributed by atoms with van der Waals surface area (Å²) in [6.07, 6.45) is 6.23. The van der Waals surface area contributed by atoms with Gasteiger partial charge in [-0.1, -0.05) is 38.8 Å². The monoisotopic (exact) mass is 389 g/mol. The number of allylic oxidation sites excluding steroid dienone is 1. The normalized spacial score (nSPS) is 45.7. The molecule has 0 saturated heterocycles. The molecule has 4 bridgehead atoms. The van der Waals surface area contributed by atoms with Crippen LogP contribution in [-0.4, -0.2) is 36.5 Å². The Morgan fingerprint density at radius 1 is 1.36 bits per heavy atom. The van der Waals surface area contributed by atoms with E-state index in [0.29, 0.717) is 24.7 Å². The standard InChI is InChI=1S/C22H31NO5/c1-12(2)17-6-14-7-20(10-24)16-5-4-13(3)15(16)8-21(14,11-28-18(25)9-23)22(17,20)19(26)27/h6,10,12-16H,4-5,7-9,11,23H2,1-3H3,(H,26,27)/t13-,14+,15-,16-,20-,21+,22+/m1/s1. The average Bonchev–Trinajstić information content (AvgIpc) is 3.23. The number of aliphatic carboxylic acids is 1. The summed E-state index contributed by atoms with van der Waals surface area (Å²) in [4.78, 5) is 37.8. The molecule has 0 heterocycles. The van der Waals surface area contributed by atoms with Gasteiger partial charge in [0.1, 0.15) is 11.7 Å². The number of esters is 1. The van der Waals surface area contributed by atoms with Gasteiger partial charge < -0.3 is 20.4 Å². The summed E-state index contributed by atoms with van der Waals surface area (Å²) in [6.45, 7) is 6.00. The first-order chi connectivity index (χ1) is 13.2. The lowest BCUT2D eigenvalue weighted by atomic mass is 9.43. The average molecular weight is 389 g/mol. The van der Waals surface area contributed by atoms with Crippen LogP contribution >= 0.6 is 0 Å². The van der Waals surface area contributed by atoms with Gasteiger partial charge in [-0.2, -0.15) is 0 Å². The van der Waals surface area contributed by atoms with Crippen LogP contribution in [0.1, 0.15) is 46.5 Å². The van der Waals surface area contributed by atoms with Crippen molar-refractivity contribution in [3.8, 4) is 0 Å². The Hall–Kier alpha value is -1.69. The van der Waals surface area contributed by atoms with Gasteiger partial charge in [0.2, 0.25) is 0 Å². The zero-order chi connectivity index (χ0) is 20.5. The maximum absolute atomic E-state index is 13.1. The van der Waals surface area contributed by atoms with Crippen LogP contribution in [0.4, 0.5) is 0 Å². The summed E-state index contributed by atoms with van der Waals surface area (Å²) in [5.74, 6) is -0.677. The minimum atomic E-state index is -1.29. The summed E-state index contributed by atoms with van der Waals surface area (Å²) in [5.41, 5.74) is 3.32. The van der Waals surface area contributed by atoms with Crippen molar-refractivity contribution in [2.45, 2.75) is 46.5 Å². The number of aldehydes is 1. The fourth-order valence-electron chi connectivity index (χ4n) is 7.90. The van der Waals surface area contributed by atoms with E-state index in [4.69, 9.17) is 10.5 Å². The first kappa shape index (κ1) is 19.6. The first-order valence-electron chi connectivity index (χ1n) is 10.5. The van der Waals surface area contributed by atoms with Gasteiger partial charge in [0.15, 0.2) is 0 Å². The number of carbonyl (C=O) groups excluding carboxylic acids is 2. The highest BCUT2D eigenvalue weighted by atomic mass is 16.5. The van der Waals surface area contributed by atoms with Crippen molar-refractivity contribution in [2.75, 3.05) is 13.2 Å². The van der Waals surface area contributed by atoms with Gasteiger partial charge in [-0.05, 0) is 48.9 Å². The fourth-order valence-corrected chi connectivity index (χ4v) is 7.90. The molecule has 28 heavy (non-hydrogen) atoms. The third-order valence-corrected chi connectivity index (χ3v) is 8.78. The number of hydrogen-bond acceptors (Lipinski definition) is 5. The van der Waals surface area contributed by atoms with Crippen LogP contribution in [0.2, 0.25) is 0 Å². The SMILES string of the molecule is CC(C)C1=C[C@H]2C[C@@]3(C=O)[C@@H]4CC[C@@H](C)[C@H]4C[C@@]2(COC(=O)CN)[C@]13C(=O)O. The van der Waals surface area contributed by atoms with E-state index in [1.165, 1.54) is 0 Å². The minimum Gasteiger partial charge on any atom is -0.481 e. The van der Waals surface area contributed by atoms with Crippen molar-refractivity contribution in [3.05, 3.63) is 11.6 Å². The highest BCUT2D eigenvalue weighted by Crippen LogP contribution is 2.82. The number of ether oxygens (including phenoxy) is 1. The molecule has 6 heteroatoms. The van der Waals surface area contributed by atoms with Crippen molar-refractivity contribution >= 4 is 18.2 Å². The Morgan fingerprint density at radius 3 is 2.64 bits per heavy atom. The van der Waals surface area contributed by atoms with Crippen molar-refractivity contribution in [3.63, 3.8) is 0 Å². The molecule has 3 fully saturated rings. The van der Waals surface area contributed by atoms with E-state index in [9.17, 15) is 19.5 Å². The molecule has 0 radical (unpaired) electrons. The van der Waals surface area contributed by atoms with Crippen LogP contribution in [0.5, 0.6) is 0 Å². The molecular formula is C22H31NO5. The predicted octanol–water partition coefficient (Wildman–Crippen LogP) is 2.41. The Kier molecular flexibility index (Phi) is 4.31. The second-order valence-corrected chi connectivity index (χ2v) is 9.85. The molecule has 4 aliphatic rings. The highest BCUT2D eigenvalue weighted by molar-refractivity contribution is 5.90. The molecule has 0 aliphatic heterocycles. The topological polar surface area (TPSA) is 107 Å². The molecule has 7 atom stereocenters. The smallest absolute Gasteiger partial charge is 0.319 e. The third-order valence-electron chi connectivity index (χ3n) is 8.78. The second-order valence-electron chi connectivity index (χ2n) is 9.85. The Bertz CT molecular complexity index is 760. The van der Waals surface area contributed by atoms with Gasteiger partial charge in [-0.3, -0.25) is 9.59 Å². The van der Waals surface area contributed by atoms with Crippen LogP contribution in [0.25, 0.3) is 0 Å². The fraction of sp³-hybridized carbons (Fsp3) is 0.773. The maximum Gasteiger partial charge on any atom is 0.319 e. The molecule has 6 nitrogen and oxygen atoms in total. The summed E-state index contributed by atoms with van der Waals surface area (Å²) in [6, 6.07) is 0. The third kappa shape index (κ3) is 1.95. The van der Waals surface area contributed by atoms with Crippen LogP contribution in [0.15, 0.2) is 11.6 Å². The Balaban J connectivity index is 1.94. The number of rotatable bonds is 6. The molecule has 3 N–H and O–H groups in total. The zero-order valence-corrected chi connectivity index (χ0v) is 16.9. The number of carbonyl (C=O) groups is 3. The number of fused-ring (bicyclic) bond motifs is 2. The van der Waals surface area contributed by atoms with E-state index in [2.05, 4.69) is 13.0 Å². The van der Waals surface area contributed by atoms with Crippen LogP contribution in [-0.2, 0) is 19.1 Å². The van der Waals surface area contributed by atoms with Gasteiger partial charge in [0.25, 0.3) is 0 Å². The molecule has 0 aromatic heterocycles. The van der Waals surface area contributed by atoms with E-state index >= 15 is 0 Å². The summed E-state index contributed by atoms with van der Waals surface area (Å²) >= 11 is 0. The van der Waals surface area contributed by atoms with E-state index < -0.39 is 28.2 Å². The molecule has 0 aromatic rings. The van der Waals surface area contributed by atoms with E-state index in [0.717, 1.165) is 24.7 Å². The molecule has 0 unspecified atom stereocenters. The summed E-state index contributed by atoms with van der Waals surface area (Å²) in [7, 11) is 0. The molecule has 3 saturated carbocycles. The van der Waals surface area contributed by atoms with E-state index in [1.807, 2.05) is 13.8 Å². The van der Waals surface area contributed by atoms with Gasteiger partial charge in [0.05, 0.1) is 18.6 Å². The minimum absolute atomic E-state index is 0.0145. The number of hydrogen-bond donors (Lipinski definition) is 2. The predicted molar refractivity (Wildman–Crippen MR) is 102 cm³/mol. The molecule has 4 aliphatic carbocycles. The number of carboxylic acid groups (broad SMARTS) is 1. The van der Waals surface area contributed by atoms with Crippen molar-refractivity contribution in [1.29, 1.82) is 0 Å². The quantitative estimate of drug-likeness (QED) is 0.410. The van der Waals surface area contributed by atoms with Gasteiger partial charge in [-0.25, -0.2) is 0 Å². The molecular weight excluding hydrogens is 358 g/mol. The first-order valence-corrected chi connectivity index (χ1v) is 10.5. The Morgan fingerprint density at radius 2 is 2.07 bits per heavy atom. The van der Waals surface area contributed by atoms with Crippen molar-refractivity contribution in [1.82, 2.24) is 0 Å². The maximum atomic E-state index is 13.1. The summed E-state index contributed by atoms with van der Waals surface area (Å²) in [5, 5.41) is 10.7. The lowest BCUT2D eigenvalue weighted by Gasteiger charge is -2.58. The second kappa shape index (κ2) is 6.15. The van der Waals surface area contributed by atoms with Gasteiger partial charge >= 0.3 is 11.9 Å². The lowest BCUT2D eigenvalue weighted by molar-refractivity contribution is -0.188. The molecule has 0 amide bonds. The largest absolute Gasteiger partial charge is 0.481 e. The van der Waals surface area contributed by atoms with Crippen molar-refractivity contribution < 1.29 is 24.2 Å². The van der Waals surface area contributed by atoms with Gasteiger partial charge in [-0.15, -0.1) is 0 Å². The van der Waals surface area contributed by atoms with Crippen LogP contribution in [0, 0.1) is 45.8 Å². The Labute approximate surface area is 165 Å². The molecule has 0 spiro atoms. The summed E-state index contributed by atoms with van der Waals surface area (Å²) < 4.78 is 5.53. The van der Waals surface area contributed by atoms with Gasteiger partial charge in [0, 0.05) is 5.41 Å². The molecule has 154 valence electrons. The van der Waals surface area contributed by atoms with E-state index in [-0.39, 0.29) is 30.9 Å².